The minimum absolute atomic E-state index is 0. The highest BCUT2D eigenvalue weighted by atomic mass is 16.4. The van der Waals surface area contributed by atoms with Gasteiger partial charge in [0, 0.05) is 14.1 Å². The van der Waals surface area contributed by atoms with Gasteiger partial charge in [-0.15, -0.1) is 0 Å². The molecule has 0 aromatic heterocycles. The number of carboxylic acid groups (broad SMARTS) is 2. The average Bonchev–Trinajstić information content (AvgIpc) is 2.00. The summed E-state index contributed by atoms with van der Waals surface area (Å²) in [7, 11) is 3.45. The number of hydrogen-bond acceptors (Lipinski definition) is 3. The number of carbonyl (C=O) groups is 2. The van der Waals surface area contributed by atoms with E-state index >= 15 is 0 Å². The number of carboxylic acids is 2. The molecule has 0 atom stereocenters. The smallest absolute Gasteiger partial charge is 0.314 e. The second kappa shape index (κ2) is 10.2. The fourth-order valence-electron chi connectivity index (χ4n) is 0.353. The maximum atomic E-state index is 9.43. The predicted molar refractivity (Wildman–Crippen MR) is 60.7 cm³/mol. The van der Waals surface area contributed by atoms with Crippen LogP contribution in [0.2, 0.25) is 0 Å². The molecule has 10 heteroatoms. The molecule has 0 unspecified atom stereocenters. The van der Waals surface area contributed by atoms with Gasteiger partial charge in [-0.25, -0.2) is 0 Å². The fourth-order valence-corrected chi connectivity index (χ4v) is 0.353. The largest absolute Gasteiger partial charge is 0.481 e. The van der Waals surface area contributed by atoms with Crippen LogP contribution in [0.4, 0.5) is 0 Å². The Kier molecular flexibility index (Phi) is 12.0. The SMILES string of the molecule is CN(C)C(N)=NC(=N)N.O.O=C(O)CC(=O)O. The molecule has 0 spiro atoms. The minimum Gasteiger partial charge on any atom is -0.481 e. The second-order valence-corrected chi connectivity index (χ2v) is 2.71. The molecule has 0 aliphatic carbocycles. The quantitative estimate of drug-likeness (QED) is 0.202. The first-order valence-electron chi connectivity index (χ1n) is 3.96. The van der Waals surface area contributed by atoms with Gasteiger partial charge in [0.1, 0.15) is 6.42 Å². The molecule has 0 aromatic rings. The summed E-state index contributed by atoms with van der Waals surface area (Å²) in [6.07, 6.45) is -0.806. The van der Waals surface area contributed by atoms with Crippen LogP contribution in [0.1, 0.15) is 6.42 Å². The number of aliphatic imine (C=N–C) groups is 1. The lowest BCUT2D eigenvalue weighted by Crippen LogP contribution is -2.32. The van der Waals surface area contributed by atoms with Crippen molar-refractivity contribution >= 4 is 23.9 Å². The summed E-state index contributed by atoms with van der Waals surface area (Å²) in [4.78, 5) is 23.9. The zero-order valence-corrected chi connectivity index (χ0v) is 9.47. The molecule has 0 fully saturated rings. The molecule has 0 heterocycles. The molecule has 0 amide bonds. The molecule has 0 rings (SSSR count). The van der Waals surface area contributed by atoms with Crippen LogP contribution in [0.3, 0.4) is 0 Å². The molecule has 0 saturated heterocycles. The van der Waals surface area contributed by atoms with E-state index in [-0.39, 0.29) is 17.4 Å². The van der Waals surface area contributed by atoms with Crippen LogP contribution in [0, 0.1) is 5.41 Å². The number of rotatable bonds is 2. The Hall–Kier alpha value is -2.36. The van der Waals surface area contributed by atoms with E-state index in [9.17, 15) is 9.59 Å². The Labute approximate surface area is 97.3 Å². The van der Waals surface area contributed by atoms with Crippen LogP contribution < -0.4 is 11.5 Å². The first-order valence-corrected chi connectivity index (χ1v) is 3.96. The van der Waals surface area contributed by atoms with Crippen molar-refractivity contribution < 1.29 is 25.3 Å². The second-order valence-electron chi connectivity index (χ2n) is 2.71. The summed E-state index contributed by atoms with van der Waals surface area (Å²) in [5.74, 6) is -2.66. The van der Waals surface area contributed by atoms with Crippen molar-refractivity contribution in [1.29, 1.82) is 5.41 Å². The van der Waals surface area contributed by atoms with Gasteiger partial charge in [-0.05, 0) is 0 Å². The molecule has 100 valence electrons. The van der Waals surface area contributed by atoms with Gasteiger partial charge in [0.25, 0.3) is 0 Å². The van der Waals surface area contributed by atoms with Gasteiger partial charge in [0.2, 0.25) is 5.96 Å². The molecule has 0 aliphatic rings. The lowest BCUT2D eigenvalue weighted by Gasteiger charge is -2.08. The van der Waals surface area contributed by atoms with Gasteiger partial charge in [-0.2, -0.15) is 4.99 Å². The third kappa shape index (κ3) is 19.9. The number of nitrogens with two attached hydrogens (primary N) is 2. The predicted octanol–water partition coefficient (Wildman–Crippen LogP) is -2.52. The molecule has 0 aromatic carbocycles. The zero-order valence-electron chi connectivity index (χ0n) is 9.47. The van der Waals surface area contributed by atoms with Gasteiger partial charge < -0.3 is 32.1 Å². The highest BCUT2D eigenvalue weighted by Gasteiger charge is 2.01. The van der Waals surface area contributed by atoms with E-state index in [0.717, 1.165) is 0 Å². The number of hydrogen-bond donors (Lipinski definition) is 5. The fraction of sp³-hybridized carbons (Fsp3) is 0.429. The van der Waals surface area contributed by atoms with E-state index in [1.54, 1.807) is 19.0 Å². The maximum Gasteiger partial charge on any atom is 0.314 e. The molecule has 0 bridgehead atoms. The Balaban J connectivity index is -0.000000224. The lowest BCUT2D eigenvalue weighted by molar-refractivity contribution is -0.147. The maximum absolute atomic E-state index is 9.43. The third-order valence-corrected chi connectivity index (χ3v) is 0.996. The first-order chi connectivity index (χ1) is 7.16. The van der Waals surface area contributed by atoms with Gasteiger partial charge in [-0.3, -0.25) is 15.0 Å². The minimum atomic E-state index is -1.31. The van der Waals surface area contributed by atoms with Gasteiger partial charge in [-0.1, -0.05) is 0 Å². The van der Waals surface area contributed by atoms with E-state index in [1.807, 2.05) is 0 Å². The van der Waals surface area contributed by atoms with Crippen molar-refractivity contribution in [2.75, 3.05) is 14.1 Å². The summed E-state index contributed by atoms with van der Waals surface area (Å²) >= 11 is 0. The Morgan fingerprint density at radius 3 is 1.65 bits per heavy atom. The summed E-state index contributed by atoms with van der Waals surface area (Å²) in [6.45, 7) is 0. The molecule has 17 heavy (non-hydrogen) atoms. The van der Waals surface area contributed by atoms with Crippen molar-refractivity contribution in [2.45, 2.75) is 6.42 Å². The van der Waals surface area contributed by atoms with Crippen molar-refractivity contribution in [3.05, 3.63) is 0 Å². The highest BCUT2D eigenvalue weighted by molar-refractivity contribution is 5.91. The lowest BCUT2D eigenvalue weighted by atomic mass is 10.5. The summed E-state index contributed by atoms with van der Waals surface area (Å²) in [5, 5.41) is 22.1. The number of nitrogens with zero attached hydrogens (tertiary/aromatic N) is 2. The average molecular weight is 251 g/mol. The Morgan fingerprint density at radius 1 is 1.24 bits per heavy atom. The van der Waals surface area contributed by atoms with E-state index in [0.29, 0.717) is 0 Å². The molecule has 0 aliphatic heterocycles. The number of aliphatic carboxylic acids is 2. The summed E-state index contributed by atoms with van der Waals surface area (Å²) < 4.78 is 0. The van der Waals surface area contributed by atoms with Crippen molar-refractivity contribution in [1.82, 2.24) is 4.90 Å². The topological polar surface area (TPSA) is 198 Å². The van der Waals surface area contributed by atoms with E-state index < -0.39 is 18.4 Å². The van der Waals surface area contributed by atoms with Crippen molar-refractivity contribution in [3.63, 3.8) is 0 Å². The van der Waals surface area contributed by atoms with Crippen LogP contribution in [-0.2, 0) is 9.59 Å². The standard InChI is InChI=1S/C4H11N5.C3H4O4.H2O/c1-9(2)4(7)8-3(5)6;4-2(5)1-3(6)7;/h1-2H3,(H5,5,6,7,8);1H2,(H,4,5)(H,6,7);1H2. The number of nitrogens with one attached hydrogen (secondary N) is 1. The molecule has 0 radical (unpaired) electrons. The zero-order chi connectivity index (χ0) is 13.3. The van der Waals surface area contributed by atoms with Crippen LogP contribution in [0.5, 0.6) is 0 Å². The normalized spacial score (nSPS) is 9.18. The Morgan fingerprint density at radius 2 is 1.59 bits per heavy atom. The molecule has 10 nitrogen and oxygen atoms in total. The Bertz CT molecular complexity index is 289. The van der Waals surface area contributed by atoms with E-state index in [1.165, 1.54) is 0 Å². The summed E-state index contributed by atoms with van der Waals surface area (Å²) in [6, 6.07) is 0. The monoisotopic (exact) mass is 251 g/mol. The van der Waals surface area contributed by atoms with E-state index in [4.69, 9.17) is 27.1 Å². The van der Waals surface area contributed by atoms with Gasteiger partial charge in [0.15, 0.2) is 5.96 Å². The van der Waals surface area contributed by atoms with Crippen LogP contribution >= 0.6 is 0 Å². The van der Waals surface area contributed by atoms with E-state index in [2.05, 4.69) is 4.99 Å². The first kappa shape index (κ1) is 20.1. The van der Waals surface area contributed by atoms with Gasteiger partial charge in [0.05, 0.1) is 0 Å². The third-order valence-electron chi connectivity index (χ3n) is 0.996. The van der Waals surface area contributed by atoms with Crippen LogP contribution in [0.25, 0.3) is 0 Å². The van der Waals surface area contributed by atoms with Crippen molar-refractivity contribution in [2.24, 2.45) is 16.5 Å². The van der Waals surface area contributed by atoms with Crippen LogP contribution in [-0.4, -0.2) is 58.5 Å². The molecular weight excluding hydrogens is 234 g/mol. The molecular formula is C7H17N5O5. The van der Waals surface area contributed by atoms with Crippen molar-refractivity contribution in [3.8, 4) is 0 Å². The van der Waals surface area contributed by atoms with Crippen LogP contribution in [0.15, 0.2) is 4.99 Å². The highest BCUT2D eigenvalue weighted by Crippen LogP contribution is 1.74. The number of guanidine groups is 2. The molecule has 9 N–H and O–H groups in total. The van der Waals surface area contributed by atoms with Gasteiger partial charge >= 0.3 is 11.9 Å². The summed E-state index contributed by atoms with van der Waals surface area (Å²) in [5.41, 5.74) is 10.2. The molecule has 0 saturated carbocycles.